The van der Waals surface area contributed by atoms with Crippen molar-refractivity contribution in [3.8, 4) is 0 Å². The maximum absolute atomic E-state index is 9.32. The van der Waals surface area contributed by atoms with Crippen molar-refractivity contribution in [2.24, 2.45) is 0 Å². The third-order valence-electron chi connectivity index (χ3n) is 1.79. The molecule has 0 aromatic heterocycles. The molecule has 0 aliphatic carbocycles. The number of hydrogen-bond donors (Lipinski definition) is 2. The smallest absolute Gasteiger partial charge is 0.125 e. The van der Waals surface area contributed by atoms with Crippen LogP contribution in [0.3, 0.4) is 0 Å². The highest BCUT2D eigenvalue weighted by Gasteiger charge is 2.13. The number of hydroxylamine groups is 2. The SMILES string of the molecule is CCCC1=C(C)N(O)C=C(Cl)N1. The third-order valence-corrected chi connectivity index (χ3v) is 1.98. The Kier molecular flexibility index (Phi) is 3.00. The predicted octanol–water partition coefficient (Wildman–Crippen LogP) is 2.35. The molecule has 0 fully saturated rings. The van der Waals surface area contributed by atoms with Crippen molar-refractivity contribution in [1.82, 2.24) is 10.4 Å². The highest BCUT2D eigenvalue weighted by atomic mass is 35.5. The lowest BCUT2D eigenvalue weighted by Gasteiger charge is -2.24. The van der Waals surface area contributed by atoms with Gasteiger partial charge in [0.05, 0.1) is 11.9 Å². The first-order chi connectivity index (χ1) is 5.65. The van der Waals surface area contributed by atoms with E-state index >= 15 is 0 Å². The minimum absolute atomic E-state index is 0.451. The average Bonchev–Trinajstić information content (AvgIpc) is 2.00. The summed E-state index contributed by atoms with van der Waals surface area (Å²) in [5, 5.41) is 13.8. The molecule has 0 saturated heterocycles. The van der Waals surface area contributed by atoms with E-state index in [0.29, 0.717) is 5.16 Å². The van der Waals surface area contributed by atoms with Gasteiger partial charge in [-0.1, -0.05) is 24.9 Å². The second-order valence-electron chi connectivity index (χ2n) is 2.76. The van der Waals surface area contributed by atoms with E-state index in [9.17, 15) is 5.21 Å². The van der Waals surface area contributed by atoms with Crippen molar-refractivity contribution < 1.29 is 5.21 Å². The molecule has 2 N–H and O–H groups in total. The van der Waals surface area contributed by atoms with Crippen molar-refractivity contribution in [1.29, 1.82) is 0 Å². The number of hydrogen-bond acceptors (Lipinski definition) is 3. The summed E-state index contributed by atoms with van der Waals surface area (Å²) >= 11 is 5.72. The van der Waals surface area contributed by atoms with Gasteiger partial charge in [-0.05, 0) is 13.3 Å². The van der Waals surface area contributed by atoms with Crippen molar-refractivity contribution in [2.45, 2.75) is 26.7 Å². The van der Waals surface area contributed by atoms with Gasteiger partial charge in [-0.2, -0.15) is 0 Å². The van der Waals surface area contributed by atoms with Crippen LogP contribution < -0.4 is 5.32 Å². The summed E-state index contributed by atoms with van der Waals surface area (Å²) < 4.78 is 0. The van der Waals surface area contributed by atoms with E-state index in [-0.39, 0.29) is 0 Å². The van der Waals surface area contributed by atoms with E-state index in [1.807, 2.05) is 6.92 Å². The molecule has 0 radical (unpaired) electrons. The molecule has 1 rings (SSSR count). The lowest BCUT2D eigenvalue weighted by Crippen LogP contribution is -2.25. The molecule has 12 heavy (non-hydrogen) atoms. The summed E-state index contributed by atoms with van der Waals surface area (Å²) in [6.45, 7) is 3.92. The van der Waals surface area contributed by atoms with Gasteiger partial charge in [0, 0.05) is 5.70 Å². The standard InChI is InChI=1S/C8H13ClN2O/c1-3-4-7-6(2)11(12)5-8(9)10-7/h5,10,12H,3-4H2,1-2H3. The maximum Gasteiger partial charge on any atom is 0.125 e. The Balaban J connectivity index is 2.76. The zero-order valence-electron chi connectivity index (χ0n) is 7.26. The predicted molar refractivity (Wildman–Crippen MR) is 48.3 cm³/mol. The summed E-state index contributed by atoms with van der Waals surface area (Å²) in [7, 11) is 0. The van der Waals surface area contributed by atoms with Crippen LogP contribution >= 0.6 is 11.6 Å². The van der Waals surface area contributed by atoms with Crippen LogP contribution in [0.4, 0.5) is 0 Å². The Morgan fingerprint density at radius 2 is 2.33 bits per heavy atom. The molecule has 0 spiro atoms. The van der Waals surface area contributed by atoms with Gasteiger partial charge in [0.25, 0.3) is 0 Å². The second kappa shape index (κ2) is 3.83. The maximum atomic E-state index is 9.32. The van der Waals surface area contributed by atoms with Crippen molar-refractivity contribution in [2.75, 3.05) is 0 Å². The molecule has 0 amide bonds. The van der Waals surface area contributed by atoms with E-state index in [1.54, 1.807) is 0 Å². The lowest BCUT2D eigenvalue weighted by atomic mass is 10.2. The van der Waals surface area contributed by atoms with Gasteiger partial charge in [-0.15, -0.1) is 0 Å². The van der Waals surface area contributed by atoms with Crippen LogP contribution in [0.25, 0.3) is 0 Å². The zero-order chi connectivity index (χ0) is 9.14. The Hall–Kier alpha value is -0.670. The fourth-order valence-corrected chi connectivity index (χ4v) is 1.31. The fourth-order valence-electron chi connectivity index (χ4n) is 1.10. The second-order valence-corrected chi connectivity index (χ2v) is 3.17. The minimum atomic E-state index is 0.451. The molecule has 1 aliphatic heterocycles. The summed E-state index contributed by atoms with van der Waals surface area (Å²) in [6, 6.07) is 0. The molecule has 0 aromatic carbocycles. The summed E-state index contributed by atoms with van der Waals surface area (Å²) in [5.74, 6) is 0. The van der Waals surface area contributed by atoms with Crippen LogP contribution in [0.2, 0.25) is 0 Å². The summed E-state index contributed by atoms with van der Waals surface area (Å²) in [5.41, 5.74) is 1.79. The van der Waals surface area contributed by atoms with Crippen LogP contribution in [0.5, 0.6) is 0 Å². The van der Waals surface area contributed by atoms with E-state index in [0.717, 1.165) is 29.3 Å². The van der Waals surface area contributed by atoms with Gasteiger partial charge in [0.15, 0.2) is 0 Å². The summed E-state index contributed by atoms with van der Waals surface area (Å²) in [6.07, 6.45) is 3.36. The highest BCUT2D eigenvalue weighted by Crippen LogP contribution is 2.19. The molecular weight excluding hydrogens is 176 g/mol. The molecule has 4 heteroatoms. The lowest BCUT2D eigenvalue weighted by molar-refractivity contribution is -0.00850. The number of nitrogens with zero attached hydrogens (tertiary/aromatic N) is 1. The third kappa shape index (κ3) is 1.93. The number of allylic oxidation sites excluding steroid dienone is 2. The quantitative estimate of drug-likeness (QED) is 0.653. The van der Waals surface area contributed by atoms with Gasteiger partial charge >= 0.3 is 0 Å². The number of rotatable bonds is 2. The van der Waals surface area contributed by atoms with Crippen molar-refractivity contribution >= 4 is 11.6 Å². The fraction of sp³-hybridized carbons (Fsp3) is 0.500. The Morgan fingerprint density at radius 3 is 2.92 bits per heavy atom. The Labute approximate surface area is 77.3 Å². The normalized spacial score (nSPS) is 17.7. The highest BCUT2D eigenvalue weighted by molar-refractivity contribution is 6.29. The van der Waals surface area contributed by atoms with E-state index in [1.165, 1.54) is 6.20 Å². The van der Waals surface area contributed by atoms with Gasteiger partial charge in [0.2, 0.25) is 0 Å². The van der Waals surface area contributed by atoms with E-state index in [4.69, 9.17) is 11.6 Å². The molecular formula is C8H13ClN2O. The zero-order valence-corrected chi connectivity index (χ0v) is 8.02. The molecule has 0 bridgehead atoms. The van der Waals surface area contributed by atoms with Crippen LogP contribution in [0.15, 0.2) is 22.8 Å². The first-order valence-electron chi connectivity index (χ1n) is 3.97. The molecule has 1 heterocycles. The Morgan fingerprint density at radius 1 is 1.67 bits per heavy atom. The Bertz CT molecular complexity index is 235. The monoisotopic (exact) mass is 188 g/mol. The van der Waals surface area contributed by atoms with Gasteiger partial charge in [0.1, 0.15) is 5.16 Å². The van der Waals surface area contributed by atoms with Crippen LogP contribution in [-0.4, -0.2) is 10.3 Å². The molecule has 0 saturated carbocycles. The van der Waals surface area contributed by atoms with Crippen molar-refractivity contribution in [3.63, 3.8) is 0 Å². The number of nitrogens with one attached hydrogen (secondary N) is 1. The van der Waals surface area contributed by atoms with E-state index in [2.05, 4.69) is 12.2 Å². The summed E-state index contributed by atoms with van der Waals surface area (Å²) in [4.78, 5) is 0. The van der Waals surface area contributed by atoms with Gasteiger partial charge < -0.3 is 5.32 Å². The molecule has 1 aliphatic rings. The molecule has 0 aromatic rings. The first-order valence-corrected chi connectivity index (χ1v) is 4.35. The topological polar surface area (TPSA) is 35.5 Å². The first kappa shape index (κ1) is 9.42. The number of halogens is 1. The molecule has 3 nitrogen and oxygen atoms in total. The van der Waals surface area contributed by atoms with E-state index < -0.39 is 0 Å². The van der Waals surface area contributed by atoms with Crippen LogP contribution in [-0.2, 0) is 0 Å². The molecule has 0 atom stereocenters. The molecule has 68 valence electrons. The van der Waals surface area contributed by atoms with Gasteiger partial charge in [-0.3, -0.25) is 5.21 Å². The average molecular weight is 189 g/mol. The van der Waals surface area contributed by atoms with Crippen LogP contribution in [0.1, 0.15) is 26.7 Å². The largest absolute Gasteiger partial charge is 0.347 e. The molecule has 0 unspecified atom stereocenters. The van der Waals surface area contributed by atoms with Gasteiger partial charge in [-0.25, -0.2) is 5.06 Å². The van der Waals surface area contributed by atoms with Crippen LogP contribution in [0, 0.1) is 0 Å². The van der Waals surface area contributed by atoms with Crippen molar-refractivity contribution in [3.05, 3.63) is 22.8 Å². The minimum Gasteiger partial charge on any atom is -0.347 e.